The maximum absolute atomic E-state index is 12.4. The second kappa shape index (κ2) is 6.13. The Morgan fingerprint density at radius 2 is 2.00 bits per heavy atom. The first kappa shape index (κ1) is 18.1. The topological polar surface area (TPSA) is 41.6 Å². The van der Waals surface area contributed by atoms with E-state index in [1.165, 1.54) is 11.1 Å². The van der Waals surface area contributed by atoms with E-state index in [9.17, 15) is 4.79 Å². The molecule has 2 aliphatic rings. The zero-order valence-electron chi connectivity index (χ0n) is 16.0. The highest BCUT2D eigenvalue weighted by molar-refractivity contribution is 9.10. The van der Waals surface area contributed by atoms with E-state index in [1.54, 1.807) is 7.11 Å². The first-order valence-corrected chi connectivity index (χ1v) is 9.80. The molecule has 2 aliphatic heterocycles. The van der Waals surface area contributed by atoms with Crippen molar-refractivity contribution >= 4 is 33.6 Å². The van der Waals surface area contributed by atoms with Crippen LogP contribution in [-0.2, 0) is 10.2 Å². The van der Waals surface area contributed by atoms with Crippen LogP contribution in [-0.4, -0.2) is 25.2 Å². The van der Waals surface area contributed by atoms with Crippen molar-refractivity contribution in [2.75, 3.05) is 18.6 Å². The molecular formula is C22H23BrN2O2. The van der Waals surface area contributed by atoms with Crippen LogP contribution in [0, 0.1) is 6.92 Å². The fraction of sp³-hybridized carbons (Fsp3) is 0.318. The Morgan fingerprint density at radius 1 is 1.22 bits per heavy atom. The summed E-state index contributed by atoms with van der Waals surface area (Å²) in [5.74, 6) is 0.839. The van der Waals surface area contributed by atoms with Crippen molar-refractivity contribution in [1.82, 2.24) is 5.32 Å². The second-order valence-electron chi connectivity index (χ2n) is 7.77. The van der Waals surface area contributed by atoms with Gasteiger partial charge >= 0.3 is 0 Å². The Balaban J connectivity index is 1.85. The van der Waals surface area contributed by atoms with Crippen LogP contribution in [0.3, 0.4) is 0 Å². The van der Waals surface area contributed by atoms with Crippen LogP contribution in [0.5, 0.6) is 5.75 Å². The number of rotatable bonds is 3. The minimum absolute atomic E-state index is 0.0418. The average molecular weight is 427 g/mol. The monoisotopic (exact) mass is 426 g/mol. The number of amides is 1. The molecule has 0 aromatic heterocycles. The quantitative estimate of drug-likeness (QED) is 0.790. The van der Waals surface area contributed by atoms with E-state index in [1.807, 2.05) is 24.3 Å². The number of carbonyl (C=O) groups is 1. The van der Waals surface area contributed by atoms with Crippen molar-refractivity contribution in [2.24, 2.45) is 0 Å². The summed E-state index contributed by atoms with van der Waals surface area (Å²) in [6, 6.07) is 12.4. The number of nitrogens with one attached hydrogen (secondary N) is 1. The third kappa shape index (κ3) is 2.59. The summed E-state index contributed by atoms with van der Waals surface area (Å²) in [6.07, 6.45) is 4.15. The SMILES string of the molecule is COc1ccc(Br)cc1/C=C/[C@]12NC(=O)CN1c1ccc(C)cc1C2(C)C. The molecule has 2 heterocycles. The minimum atomic E-state index is -0.604. The maximum Gasteiger partial charge on any atom is 0.241 e. The highest BCUT2D eigenvalue weighted by Crippen LogP contribution is 2.53. The van der Waals surface area contributed by atoms with Gasteiger partial charge in [-0.05, 0) is 42.8 Å². The molecule has 1 N–H and O–H groups in total. The van der Waals surface area contributed by atoms with E-state index < -0.39 is 5.66 Å². The molecular weight excluding hydrogens is 404 g/mol. The van der Waals surface area contributed by atoms with Gasteiger partial charge in [0.1, 0.15) is 11.4 Å². The number of carbonyl (C=O) groups excluding carboxylic acids is 1. The van der Waals surface area contributed by atoms with Gasteiger partial charge in [0, 0.05) is 21.1 Å². The van der Waals surface area contributed by atoms with Crippen LogP contribution >= 0.6 is 15.9 Å². The standard InChI is InChI=1S/C22H23BrN2O2/c1-14-5-7-18-17(11-14)21(2,3)22(24-20(26)13-25(18)22)10-9-15-12-16(23)6-8-19(15)27-4/h5-12H,13H2,1-4H3,(H,24,26)/b10-9+/t22-/m0/s1. The van der Waals surface area contributed by atoms with E-state index in [-0.39, 0.29) is 11.3 Å². The van der Waals surface area contributed by atoms with E-state index in [0.717, 1.165) is 21.5 Å². The van der Waals surface area contributed by atoms with Crippen LogP contribution in [0.15, 0.2) is 46.9 Å². The van der Waals surface area contributed by atoms with Gasteiger partial charge in [-0.15, -0.1) is 0 Å². The van der Waals surface area contributed by atoms with Gasteiger partial charge in [0.15, 0.2) is 0 Å². The molecule has 2 aromatic carbocycles. The van der Waals surface area contributed by atoms with Gasteiger partial charge in [0.25, 0.3) is 0 Å². The highest BCUT2D eigenvalue weighted by Gasteiger charge is 2.59. The average Bonchev–Trinajstić information content (AvgIpc) is 3.04. The van der Waals surface area contributed by atoms with Gasteiger partial charge in [0.05, 0.1) is 13.7 Å². The van der Waals surface area contributed by atoms with E-state index >= 15 is 0 Å². The summed E-state index contributed by atoms with van der Waals surface area (Å²) in [7, 11) is 1.67. The second-order valence-corrected chi connectivity index (χ2v) is 8.68. The molecule has 1 saturated heterocycles. The summed E-state index contributed by atoms with van der Waals surface area (Å²) in [4.78, 5) is 14.6. The largest absolute Gasteiger partial charge is 0.496 e. The number of fused-ring (bicyclic) bond motifs is 3. The number of nitrogens with zero attached hydrogens (tertiary/aromatic N) is 1. The van der Waals surface area contributed by atoms with Crippen molar-refractivity contribution in [3.8, 4) is 5.75 Å². The van der Waals surface area contributed by atoms with Gasteiger partial charge in [-0.25, -0.2) is 0 Å². The van der Waals surface area contributed by atoms with Crippen molar-refractivity contribution in [3.63, 3.8) is 0 Å². The number of hydrogen-bond acceptors (Lipinski definition) is 3. The molecule has 0 aliphatic carbocycles. The molecule has 0 radical (unpaired) electrons. The fourth-order valence-corrected chi connectivity index (χ4v) is 4.71. The Morgan fingerprint density at radius 3 is 2.74 bits per heavy atom. The number of halogens is 1. The first-order valence-electron chi connectivity index (χ1n) is 9.01. The van der Waals surface area contributed by atoms with Gasteiger partial charge in [-0.1, -0.05) is 53.5 Å². The van der Waals surface area contributed by atoms with Crippen molar-refractivity contribution < 1.29 is 9.53 Å². The first-order chi connectivity index (χ1) is 12.8. The Kier molecular flexibility index (Phi) is 4.11. The number of methoxy groups -OCH3 is 1. The molecule has 4 rings (SSSR count). The third-order valence-electron chi connectivity index (χ3n) is 5.82. The van der Waals surface area contributed by atoms with Crippen LogP contribution in [0.4, 0.5) is 5.69 Å². The number of benzene rings is 2. The van der Waals surface area contributed by atoms with E-state index in [2.05, 4.69) is 71.2 Å². The number of anilines is 1. The molecule has 27 heavy (non-hydrogen) atoms. The molecule has 5 heteroatoms. The van der Waals surface area contributed by atoms with Crippen molar-refractivity contribution in [1.29, 1.82) is 0 Å². The predicted octanol–water partition coefficient (Wildman–Crippen LogP) is 4.40. The molecule has 2 aromatic rings. The van der Waals surface area contributed by atoms with Crippen LogP contribution < -0.4 is 15.0 Å². The Labute approximate surface area is 168 Å². The molecule has 0 bridgehead atoms. The van der Waals surface area contributed by atoms with Gasteiger partial charge in [-0.3, -0.25) is 4.79 Å². The van der Waals surface area contributed by atoms with Crippen molar-refractivity contribution in [3.05, 3.63) is 63.6 Å². The fourth-order valence-electron chi connectivity index (χ4n) is 4.33. The maximum atomic E-state index is 12.4. The zero-order valence-corrected chi connectivity index (χ0v) is 17.6. The molecule has 1 fully saturated rings. The molecule has 0 spiro atoms. The van der Waals surface area contributed by atoms with Crippen LogP contribution in [0.1, 0.15) is 30.5 Å². The summed E-state index contributed by atoms with van der Waals surface area (Å²) >= 11 is 3.53. The summed E-state index contributed by atoms with van der Waals surface area (Å²) < 4.78 is 6.49. The lowest BCUT2D eigenvalue weighted by atomic mass is 9.75. The lowest BCUT2D eigenvalue weighted by molar-refractivity contribution is -0.118. The van der Waals surface area contributed by atoms with Gasteiger partial charge < -0.3 is 15.0 Å². The number of ether oxygens (including phenoxy) is 1. The van der Waals surface area contributed by atoms with E-state index in [0.29, 0.717) is 6.54 Å². The smallest absolute Gasteiger partial charge is 0.241 e. The van der Waals surface area contributed by atoms with Gasteiger partial charge in [-0.2, -0.15) is 0 Å². The van der Waals surface area contributed by atoms with Crippen LogP contribution in [0.25, 0.3) is 6.08 Å². The highest BCUT2D eigenvalue weighted by atomic mass is 79.9. The molecule has 140 valence electrons. The number of hydrogen-bond donors (Lipinski definition) is 1. The summed E-state index contributed by atoms with van der Waals surface area (Å²) in [5, 5.41) is 3.26. The molecule has 4 nitrogen and oxygen atoms in total. The molecule has 0 saturated carbocycles. The minimum Gasteiger partial charge on any atom is -0.496 e. The lowest BCUT2D eigenvalue weighted by Crippen LogP contribution is -2.58. The number of aryl methyl sites for hydroxylation is 1. The van der Waals surface area contributed by atoms with Crippen molar-refractivity contribution in [2.45, 2.75) is 31.8 Å². The predicted molar refractivity (Wildman–Crippen MR) is 112 cm³/mol. The van der Waals surface area contributed by atoms with Crippen LogP contribution in [0.2, 0.25) is 0 Å². The third-order valence-corrected chi connectivity index (χ3v) is 6.32. The normalized spacial score (nSPS) is 22.7. The Bertz CT molecular complexity index is 967. The molecule has 1 amide bonds. The summed E-state index contributed by atoms with van der Waals surface area (Å²) in [6.45, 7) is 6.85. The molecule has 1 atom stereocenters. The lowest BCUT2D eigenvalue weighted by Gasteiger charge is -2.40. The van der Waals surface area contributed by atoms with Gasteiger partial charge in [0.2, 0.25) is 5.91 Å². The molecule has 0 unspecified atom stereocenters. The summed E-state index contributed by atoms with van der Waals surface area (Å²) in [5.41, 5.74) is 3.68. The van der Waals surface area contributed by atoms with E-state index in [4.69, 9.17) is 4.74 Å². The Hall–Kier alpha value is -2.27. The zero-order chi connectivity index (χ0) is 19.4.